The third-order valence-corrected chi connectivity index (χ3v) is 6.74. The summed E-state index contributed by atoms with van der Waals surface area (Å²) in [6, 6.07) is 14.7. The van der Waals surface area contributed by atoms with Gasteiger partial charge < -0.3 is 19.9 Å². The third-order valence-electron chi connectivity index (χ3n) is 5.55. The Labute approximate surface area is 190 Å². The molecule has 0 unspecified atom stereocenters. The molecule has 1 saturated heterocycles. The molecule has 1 amide bonds. The number of benzene rings is 2. The molecule has 2 aromatic rings. The maximum atomic E-state index is 12.4. The minimum Gasteiger partial charge on any atom is -0.497 e. The van der Waals surface area contributed by atoms with Gasteiger partial charge in [-0.15, -0.1) is 0 Å². The number of carbonyl (C=O) groups is 1. The van der Waals surface area contributed by atoms with Crippen LogP contribution in [0.4, 0.5) is 17.1 Å². The molecule has 2 aromatic carbocycles. The van der Waals surface area contributed by atoms with E-state index in [1.54, 1.807) is 31.4 Å². The van der Waals surface area contributed by atoms with E-state index in [0.29, 0.717) is 17.9 Å². The van der Waals surface area contributed by atoms with E-state index in [2.05, 4.69) is 22.2 Å². The van der Waals surface area contributed by atoms with Crippen molar-refractivity contribution in [1.82, 2.24) is 4.90 Å². The Morgan fingerprint density at radius 3 is 2.22 bits per heavy atom. The molecule has 1 fully saturated rings. The second-order valence-corrected chi connectivity index (χ2v) is 9.93. The molecule has 1 N–H and O–H groups in total. The normalized spacial score (nSPS) is 14.8. The molecule has 1 heterocycles. The van der Waals surface area contributed by atoms with E-state index in [4.69, 9.17) is 4.74 Å². The van der Waals surface area contributed by atoms with Crippen molar-refractivity contribution in [1.29, 1.82) is 0 Å². The molecule has 8 nitrogen and oxygen atoms in total. The van der Waals surface area contributed by atoms with E-state index in [0.717, 1.165) is 37.6 Å². The van der Waals surface area contributed by atoms with Gasteiger partial charge in [-0.25, -0.2) is 8.42 Å². The van der Waals surface area contributed by atoms with Gasteiger partial charge in [-0.1, -0.05) is 0 Å². The number of methoxy groups -OCH3 is 1. The van der Waals surface area contributed by atoms with Gasteiger partial charge in [-0.05, 0) is 62.0 Å². The monoisotopic (exact) mass is 460 g/mol. The Morgan fingerprint density at radius 2 is 1.66 bits per heavy atom. The first kappa shape index (κ1) is 23.9. The van der Waals surface area contributed by atoms with E-state index in [1.807, 2.05) is 24.3 Å². The first-order valence-corrected chi connectivity index (χ1v) is 12.6. The molecular formula is C23H32N4O4S. The Bertz CT molecular complexity index is 986. The summed E-state index contributed by atoms with van der Waals surface area (Å²) < 4.78 is 30.9. The SMILES string of the molecule is COc1ccc(N(CCCC(=O)Nc2ccc(N3CCN(C)CC3)cc2)S(C)(=O)=O)cc1. The topological polar surface area (TPSA) is 82.2 Å². The van der Waals surface area contributed by atoms with Crippen LogP contribution in [-0.4, -0.2) is 72.4 Å². The number of rotatable bonds is 9. The van der Waals surface area contributed by atoms with Gasteiger partial charge in [-0.3, -0.25) is 9.10 Å². The fraction of sp³-hybridized carbons (Fsp3) is 0.435. The van der Waals surface area contributed by atoms with Crippen molar-refractivity contribution >= 4 is 33.0 Å². The lowest BCUT2D eigenvalue weighted by Crippen LogP contribution is -2.44. The summed E-state index contributed by atoms with van der Waals surface area (Å²) in [7, 11) is 0.224. The molecule has 1 aliphatic rings. The van der Waals surface area contributed by atoms with Crippen LogP contribution >= 0.6 is 0 Å². The van der Waals surface area contributed by atoms with Crippen molar-refractivity contribution in [2.75, 3.05) is 67.7 Å². The van der Waals surface area contributed by atoms with E-state index < -0.39 is 10.0 Å². The van der Waals surface area contributed by atoms with Crippen molar-refractivity contribution < 1.29 is 17.9 Å². The van der Waals surface area contributed by atoms with Crippen LogP contribution in [0.3, 0.4) is 0 Å². The molecule has 0 bridgehead atoms. The largest absolute Gasteiger partial charge is 0.497 e. The third kappa shape index (κ3) is 6.61. The number of nitrogens with zero attached hydrogens (tertiary/aromatic N) is 3. The van der Waals surface area contributed by atoms with E-state index >= 15 is 0 Å². The first-order valence-electron chi connectivity index (χ1n) is 10.7. The Kier molecular flexibility index (Phi) is 7.98. The predicted octanol–water partition coefficient (Wildman–Crippen LogP) is 2.63. The van der Waals surface area contributed by atoms with Gasteiger partial charge in [0.15, 0.2) is 0 Å². The zero-order valence-corrected chi connectivity index (χ0v) is 19.8. The highest BCUT2D eigenvalue weighted by Gasteiger charge is 2.18. The first-order chi connectivity index (χ1) is 15.3. The highest BCUT2D eigenvalue weighted by Crippen LogP contribution is 2.22. The highest BCUT2D eigenvalue weighted by atomic mass is 32.2. The molecule has 0 aliphatic carbocycles. The number of anilines is 3. The van der Waals surface area contributed by atoms with Crippen molar-refractivity contribution in [2.45, 2.75) is 12.8 Å². The minimum atomic E-state index is -3.46. The second kappa shape index (κ2) is 10.7. The fourth-order valence-corrected chi connectivity index (χ4v) is 4.63. The summed E-state index contributed by atoms with van der Waals surface area (Å²) in [6.07, 6.45) is 1.80. The lowest BCUT2D eigenvalue weighted by molar-refractivity contribution is -0.116. The molecule has 32 heavy (non-hydrogen) atoms. The predicted molar refractivity (Wildman–Crippen MR) is 129 cm³/mol. The molecule has 3 rings (SSSR count). The zero-order valence-electron chi connectivity index (χ0n) is 19.0. The number of piperazine rings is 1. The van der Waals surface area contributed by atoms with Crippen LogP contribution in [0.5, 0.6) is 5.75 Å². The fourth-order valence-electron chi connectivity index (χ4n) is 3.66. The van der Waals surface area contributed by atoms with E-state index in [1.165, 1.54) is 10.6 Å². The van der Waals surface area contributed by atoms with Crippen LogP contribution in [0.1, 0.15) is 12.8 Å². The van der Waals surface area contributed by atoms with Crippen LogP contribution in [0, 0.1) is 0 Å². The van der Waals surface area contributed by atoms with Crippen LogP contribution in [0.2, 0.25) is 0 Å². The van der Waals surface area contributed by atoms with Crippen LogP contribution < -0.4 is 19.3 Å². The maximum absolute atomic E-state index is 12.4. The molecule has 1 aliphatic heterocycles. The van der Waals surface area contributed by atoms with Crippen molar-refractivity contribution in [3.63, 3.8) is 0 Å². The highest BCUT2D eigenvalue weighted by molar-refractivity contribution is 7.92. The van der Waals surface area contributed by atoms with Gasteiger partial charge in [0.1, 0.15) is 5.75 Å². The molecule has 0 atom stereocenters. The van der Waals surface area contributed by atoms with Gasteiger partial charge in [0.2, 0.25) is 15.9 Å². The minimum absolute atomic E-state index is 0.138. The Balaban J connectivity index is 1.51. The molecule has 0 saturated carbocycles. The molecule has 9 heteroatoms. The van der Waals surface area contributed by atoms with Gasteiger partial charge in [0, 0.05) is 50.5 Å². The van der Waals surface area contributed by atoms with Gasteiger partial charge >= 0.3 is 0 Å². The number of nitrogens with one attached hydrogen (secondary N) is 1. The van der Waals surface area contributed by atoms with Crippen molar-refractivity contribution in [2.24, 2.45) is 0 Å². The lowest BCUT2D eigenvalue weighted by Gasteiger charge is -2.34. The zero-order chi connectivity index (χ0) is 23.1. The summed E-state index contributed by atoms with van der Waals surface area (Å²) in [6.45, 7) is 4.29. The van der Waals surface area contributed by atoms with Crippen molar-refractivity contribution in [3.8, 4) is 5.75 Å². The molecule has 0 spiro atoms. The Hall–Kier alpha value is -2.78. The summed E-state index contributed by atoms with van der Waals surface area (Å²) in [5.41, 5.74) is 2.44. The number of likely N-dealkylation sites (N-methyl/N-ethyl adjacent to an activating group) is 1. The average Bonchev–Trinajstić information content (AvgIpc) is 2.77. The quantitative estimate of drug-likeness (QED) is 0.620. The molecular weight excluding hydrogens is 428 g/mol. The lowest BCUT2D eigenvalue weighted by atomic mass is 10.2. The second-order valence-electron chi connectivity index (χ2n) is 8.02. The average molecular weight is 461 g/mol. The molecule has 0 radical (unpaired) electrons. The molecule has 174 valence electrons. The van der Waals surface area contributed by atoms with Gasteiger partial charge in [-0.2, -0.15) is 0 Å². The van der Waals surface area contributed by atoms with Crippen LogP contribution in [0.15, 0.2) is 48.5 Å². The van der Waals surface area contributed by atoms with E-state index in [-0.39, 0.29) is 18.9 Å². The summed E-state index contributed by atoms with van der Waals surface area (Å²) in [5, 5.41) is 2.90. The maximum Gasteiger partial charge on any atom is 0.232 e. The number of hydrogen-bond donors (Lipinski definition) is 1. The standard InChI is InChI=1S/C23H32N4O4S/c1-25-15-17-26(18-16-25)20-8-6-19(7-9-20)24-23(28)5-4-14-27(32(3,29)30)21-10-12-22(31-2)13-11-21/h6-13H,4-5,14-18H2,1-3H3,(H,24,28). The number of sulfonamides is 1. The molecule has 0 aromatic heterocycles. The van der Waals surface area contributed by atoms with Gasteiger partial charge in [0.25, 0.3) is 0 Å². The van der Waals surface area contributed by atoms with Gasteiger partial charge in [0.05, 0.1) is 19.1 Å². The summed E-state index contributed by atoms with van der Waals surface area (Å²) in [5.74, 6) is 0.515. The Morgan fingerprint density at radius 1 is 1.03 bits per heavy atom. The van der Waals surface area contributed by atoms with Crippen LogP contribution in [0.25, 0.3) is 0 Å². The number of ether oxygens (including phenoxy) is 1. The number of hydrogen-bond acceptors (Lipinski definition) is 6. The van der Waals surface area contributed by atoms with E-state index in [9.17, 15) is 13.2 Å². The number of carbonyl (C=O) groups excluding carboxylic acids is 1. The van der Waals surface area contributed by atoms with Crippen LogP contribution in [-0.2, 0) is 14.8 Å². The summed E-state index contributed by atoms with van der Waals surface area (Å²) in [4.78, 5) is 17.0. The smallest absolute Gasteiger partial charge is 0.232 e. The number of amides is 1. The van der Waals surface area contributed by atoms with Crippen molar-refractivity contribution in [3.05, 3.63) is 48.5 Å². The summed E-state index contributed by atoms with van der Waals surface area (Å²) >= 11 is 0.